The fourth-order valence-corrected chi connectivity index (χ4v) is 3.54. The van der Waals surface area contributed by atoms with Crippen LogP contribution in [0.15, 0.2) is 41.2 Å². The van der Waals surface area contributed by atoms with Crippen LogP contribution < -0.4 is 10.3 Å². The van der Waals surface area contributed by atoms with Crippen LogP contribution in [0.25, 0.3) is 10.2 Å². The van der Waals surface area contributed by atoms with Gasteiger partial charge >= 0.3 is 5.97 Å². The molecule has 0 atom stereocenters. The summed E-state index contributed by atoms with van der Waals surface area (Å²) in [5.41, 5.74) is -0.207. The minimum atomic E-state index is -0.487. The molecule has 0 aliphatic rings. The Kier molecular flexibility index (Phi) is 5.68. The van der Waals surface area contributed by atoms with Crippen molar-refractivity contribution < 1.29 is 14.3 Å². The lowest BCUT2D eigenvalue weighted by Crippen LogP contribution is -2.28. The summed E-state index contributed by atoms with van der Waals surface area (Å²) in [6.07, 6.45) is 0.850. The number of carbonyl (C=O) groups is 1. The molecule has 0 aliphatic carbocycles. The first-order valence-electron chi connectivity index (χ1n) is 8.41. The van der Waals surface area contributed by atoms with Crippen LogP contribution in [-0.2, 0) is 22.5 Å². The molecule has 26 heavy (non-hydrogen) atoms. The van der Waals surface area contributed by atoms with E-state index in [0.717, 1.165) is 17.0 Å². The molecule has 0 bridgehead atoms. The van der Waals surface area contributed by atoms with Crippen LogP contribution in [0.3, 0.4) is 0 Å². The van der Waals surface area contributed by atoms with Crippen molar-refractivity contribution in [3.05, 3.63) is 57.5 Å². The topological polar surface area (TPSA) is 70.4 Å². The van der Waals surface area contributed by atoms with E-state index in [1.807, 2.05) is 43.3 Å². The molecule has 2 aromatic heterocycles. The largest absolute Gasteiger partial charge is 0.490 e. The van der Waals surface area contributed by atoms with Gasteiger partial charge in [-0.05, 0) is 31.5 Å². The molecule has 0 saturated heterocycles. The Balaban J connectivity index is 1.61. The standard InChI is InChI=1S/C19H20N2O4S/c1-3-15-11-16-18(26-15)20-13(2)21(19(16)23)12-17(22)25-10-9-24-14-7-5-4-6-8-14/h4-8,11H,3,9-10,12H2,1-2H3. The van der Waals surface area contributed by atoms with Crippen molar-refractivity contribution in [2.24, 2.45) is 0 Å². The molecule has 0 saturated carbocycles. The van der Waals surface area contributed by atoms with Gasteiger partial charge in [-0.25, -0.2) is 4.98 Å². The van der Waals surface area contributed by atoms with E-state index in [4.69, 9.17) is 9.47 Å². The molecule has 2 heterocycles. The quantitative estimate of drug-likeness (QED) is 0.471. The number of esters is 1. The number of hydrogen-bond acceptors (Lipinski definition) is 6. The van der Waals surface area contributed by atoms with E-state index in [9.17, 15) is 9.59 Å². The number of nitrogens with zero attached hydrogens (tertiary/aromatic N) is 2. The third kappa shape index (κ3) is 4.11. The van der Waals surface area contributed by atoms with Crippen LogP contribution >= 0.6 is 11.3 Å². The van der Waals surface area contributed by atoms with E-state index in [1.54, 1.807) is 6.92 Å². The smallest absolute Gasteiger partial charge is 0.326 e. The number of carbonyl (C=O) groups excluding carboxylic acids is 1. The summed E-state index contributed by atoms with van der Waals surface area (Å²) in [5, 5.41) is 0.553. The summed E-state index contributed by atoms with van der Waals surface area (Å²) in [5.74, 6) is 0.734. The van der Waals surface area contributed by atoms with E-state index < -0.39 is 5.97 Å². The molecular weight excluding hydrogens is 352 g/mol. The average Bonchev–Trinajstić information content (AvgIpc) is 3.06. The van der Waals surface area contributed by atoms with Gasteiger partial charge in [0.05, 0.1) is 5.39 Å². The maximum atomic E-state index is 12.6. The van der Waals surface area contributed by atoms with Gasteiger partial charge in [0, 0.05) is 4.88 Å². The first-order chi connectivity index (χ1) is 12.6. The van der Waals surface area contributed by atoms with E-state index in [2.05, 4.69) is 4.98 Å². The number of aryl methyl sites for hydroxylation is 2. The maximum Gasteiger partial charge on any atom is 0.326 e. The van der Waals surface area contributed by atoms with E-state index in [1.165, 1.54) is 15.9 Å². The molecule has 0 amide bonds. The number of aromatic nitrogens is 2. The average molecular weight is 372 g/mol. The van der Waals surface area contributed by atoms with Crippen LogP contribution in [0.2, 0.25) is 0 Å². The van der Waals surface area contributed by atoms with Gasteiger partial charge in [-0.3, -0.25) is 14.2 Å². The number of fused-ring (bicyclic) bond motifs is 1. The van der Waals surface area contributed by atoms with Gasteiger partial charge < -0.3 is 9.47 Å². The molecule has 0 aliphatic heterocycles. The zero-order valence-corrected chi connectivity index (χ0v) is 15.5. The Bertz CT molecular complexity index is 963. The van der Waals surface area contributed by atoms with Crippen LogP contribution in [0.1, 0.15) is 17.6 Å². The van der Waals surface area contributed by atoms with Crippen LogP contribution in [0, 0.1) is 6.92 Å². The first-order valence-corrected chi connectivity index (χ1v) is 9.23. The van der Waals surface area contributed by atoms with Crippen molar-refractivity contribution in [1.82, 2.24) is 9.55 Å². The van der Waals surface area contributed by atoms with Gasteiger partial charge in [-0.1, -0.05) is 25.1 Å². The van der Waals surface area contributed by atoms with Crippen molar-refractivity contribution in [2.75, 3.05) is 13.2 Å². The predicted molar refractivity (Wildman–Crippen MR) is 101 cm³/mol. The Labute approximate surface area is 155 Å². The number of hydrogen-bond donors (Lipinski definition) is 0. The van der Waals surface area contributed by atoms with E-state index in [-0.39, 0.29) is 25.3 Å². The second-order valence-corrected chi connectivity index (χ2v) is 6.83. The molecule has 0 N–H and O–H groups in total. The highest BCUT2D eigenvalue weighted by Gasteiger charge is 2.14. The summed E-state index contributed by atoms with van der Waals surface area (Å²) in [6, 6.07) is 11.1. The zero-order valence-electron chi connectivity index (χ0n) is 14.7. The summed E-state index contributed by atoms with van der Waals surface area (Å²) in [4.78, 5) is 30.9. The molecule has 0 radical (unpaired) electrons. The minimum absolute atomic E-state index is 0.121. The normalized spacial score (nSPS) is 10.8. The van der Waals surface area contributed by atoms with Crippen molar-refractivity contribution in [3.63, 3.8) is 0 Å². The molecule has 6 nitrogen and oxygen atoms in total. The van der Waals surface area contributed by atoms with Crippen LogP contribution in [0.5, 0.6) is 5.75 Å². The van der Waals surface area contributed by atoms with Crippen molar-refractivity contribution in [1.29, 1.82) is 0 Å². The second kappa shape index (κ2) is 8.14. The lowest BCUT2D eigenvalue weighted by atomic mass is 10.3. The second-order valence-electron chi connectivity index (χ2n) is 5.72. The number of benzene rings is 1. The van der Waals surface area contributed by atoms with Crippen LogP contribution in [-0.4, -0.2) is 28.7 Å². The van der Waals surface area contributed by atoms with Gasteiger partial charge in [-0.15, -0.1) is 11.3 Å². The lowest BCUT2D eigenvalue weighted by Gasteiger charge is -2.10. The van der Waals surface area contributed by atoms with Gasteiger partial charge in [0.15, 0.2) is 0 Å². The number of ether oxygens (including phenoxy) is 2. The van der Waals surface area contributed by atoms with Crippen molar-refractivity contribution >= 4 is 27.5 Å². The monoisotopic (exact) mass is 372 g/mol. The highest BCUT2D eigenvalue weighted by molar-refractivity contribution is 7.18. The first kappa shape index (κ1) is 18.1. The Morgan fingerprint density at radius 2 is 2.00 bits per heavy atom. The highest BCUT2D eigenvalue weighted by atomic mass is 32.1. The summed E-state index contributed by atoms with van der Waals surface area (Å²) < 4.78 is 12.0. The van der Waals surface area contributed by atoms with Gasteiger partial charge in [-0.2, -0.15) is 0 Å². The fourth-order valence-electron chi connectivity index (χ4n) is 2.53. The van der Waals surface area contributed by atoms with Crippen LogP contribution in [0.4, 0.5) is 0 Å². The number of thiophene rings is 1. The number of rotatable bonds is 7. The van der Waals surface area contributed by atoms with Crippen molar-refractivity contribution in [3.8, 4) is 5.75 Å². The Morgan fingerprint density at radius 3 is 2.73 bits per heavy atom. The van der Waals surface area contributed by atoms with Gasteiger partial charge in [0.1, 0.15) is 36.2 Å². The SMILES string of the molecule is CCc1cc2c(=O)n(CC(=O)OCCOc3ccccc3)c(C)nc2s1. The Morgan fingerprint density at radius 1 is 1.23 bits per heavy atom. The minimum Gasteiger partial charge on any atom is -0.490 e. The summed E-state index contributed by atoms with van der Waals surface area (Å²) in [7, 11) is 0. The van der Waals surface area contributed by atoms with Crippen molar-refractivity contribution in [2.45, 2.75) is 26.8 Å². The molecule has 136 valence electrons. The summed E-state index contributed by atoms with van der Waals surface area (Å²) >= 11 is 1.51. The third-order valence-electron chi connectivity index (χ3n) is 3.89. The van der Waals surface area contributed by atoms with E-state index in [0.29, 0.717) is 16.0 Å². The summed E-state index contributed by atoms with van der Waals surface area (Å²) in [6.45, 7) is 3.97. The molecule has 0 spiro atoms. The predicted octanol–water partition coefficient (Wildman–Crippen LogP) is 2.95. The zero-order chi connectivity index (χ0) is 18.5. The maximum absolute atomic E-state index is 12.6. The molecule has 1 aromatic carbocycles. The molecule has 3 rings (SSSR count). The lowest BCUT2D eigenvalue weighted by molar-refractivity contribution is -0.145. The molecule has 0 fully saturated rings. The fraction of sp³-hybridized carbons (Fsp3) is 0.316. The molecular formula is C19H20N2O4S. The highest BCUT2D eigenvalue weighted by Crippen LogP contribution is 2.21. The van der Waals surface area contributed by atoms with Gasteiger partial charge in [0.2, 0.25) is 0 Å². The molecule has 7 heteroatoms. The number of para-hydroxylation sites is 1. The molecule has 3 aromatic rings. The van der Waals surface area contributed by atoms with E-state index >= 15 is 0 Å². The third-order valence-corrected chi connectivity index (χ3v) is 5.06. The molecule has 0 unspecified atom stereocenters. The Hall–Kier alpha value is -2.67. The van der Waals surface area contributed by atoms with Gasteiger partial charge in [0.25, 0.3) is 5.56 Å².